The Hall–Kier alpha value is -2.37. The molecule has 1 heterocycles. The van der Waals surface area contributed by atoms with E-state index in [0.29, 0.717) is 17.4 Å². The first-order valence-corrected chi connectivity index (χ1v) is 8.12. The summed E-state index contributed by atoms with van der Waals surface area (Å²) in [5.74, 6) is 1.24. The average molecular weight is 313 g/mol. The number of aryl methyl sites for hydroxylation is 1. The van der Waals surface area contributed by atoms with Crippen molar-refractivity contribution in [1.29, 1.82) is 0 Å². The lowest BCUT2D eigenvalue weighted by atomic mass is 9.80. The second-order valence-electron chi connectivity index (χ2n) is 6.38. The molecule has 1 amide bonds. The van der Waals surface area contributed by atoms with Crippen LogP contribution < -0.4 is 11.1 Å². The molecule has 0 spiro atoms. The SMILES string of the molecule is C[C@H]1CCCC[C@@H]1C(=O)Nc1ccc(-c2nnn(C)c2N)cc1. The van der Waals surface area contributed by atoms with E-state index in [-0.39, 0.29) is 11.8 Å². The summed E-state index contributed by atoms with van der Waals surface area (Å²) in [6, 6.07) is 7.57. The maximum absolute atomic E-state index is 12.4. The number of nitrogens with one attached hydrogen (secondary N) is 1. The maximum Gasteiger partial charge on any atom is 0.227 e. The molecule has 1 aliphatic rings. The topological polar surface area (TPSA) is 85.8 Å². The van der Waals surface area contributed by atoms with Crippen molar-refractivity contribution in [2.75, 3.05) is 11.1 Å². The number of carbonyl (C=O) groups excluding carboxylic acids is 1. The Bertz CT molecular complexity index is 692. The highest BCUT2D eigenvalue weighted by Crippen LogP contribution is 2.31. The second kappa shape index (κ2) is 6.40. The minimum Gasteiger partial charge on any atom is -0.382 e. The zero-order valence-electron chi connectivity index (χ0n) is 13.6. The normalized spacial score (nSPS) is 21.1. The fraction of sp³-hybridized carbons (Fsp3) is 0.471. The Balaban J connectivity index is 1.70. The summed E-state index contributed by atoms with van der Waals surface area (Å²) in [7, 11) is 1.76. The monoisotopic (exact) mass is 313 g/mol. The van der Waals surface area contributed by atoms with Gasteiger partial charge in [0.25, 0.3) is 0 Å². The molecule has 0 saturated heterocycles. The number of carbonyl (C=O) groups is 1. The summed E-state index contributed by atoms with van der Waals surface area (Å²) >= 11 is 0. The quantitative estimate of drug-likeness (QED) is 0.912. The van der Waals surface area contributed by atoms with Gasteiger partial charge in [-0.15, -0.1) is 5.10 Å². The van der Waals surface area contributed by atoms with E-state index in [2.05, 4.69) is 22.6 Å². The summed E-state index contributed by atoms with van der Waals surface area (Å²) in [5, 5.41) is 11.0. The van der Waals surface area contributed by atoms with E-state index in [1.54, 1.807) is 7.05 Å². The first-order chi connectivity index (χ1) is 11.1. The Kier molecular flexibility index (Phi) is 4.32. The number of hydrogen-bond acceptors (Lipinski definition) is 4. The van der Waals surface area contributed by atoms with Gasteiger partial charge in [0.15, 0.2) is 0 Å². The molecular formula is C17H23N5O. The first kappa shape index (κ1) is 15.5. The summed E-state index contributed by atoms with van der Waals surface area (Å²) < 4.78 is 1.54. The molecule has 122 valence electrons. The predicted octanol–water partition coefficient (Wildman–Crippen LogP) is 2.83. The van der Waals surface area contributed by atoms with E-state index in [1.807, 2.05) is 24.3 Å². The summed E-state index contributed by atoms with van der Waals surface area (Å²) in [5.41, 5.74) is 8.29. The van der Waals surface area contributed by atoms with Gasteiger partial charge in [-0.05, 0) is 30.9 Å². The number of amides is 1. The Morgan fingerprint density at radius 2 is 1.96 bits per heavy atom. The molecule has 6 nitrogen and oxygen atoms in total. The molecule has 0 radical (unpaired) electrons. The number of benzene rings is 1. The highest BCUT2D eigenvalue weighted by Gasteiger charge is 2.27. The lowest BCUT2D eigenvalue weighted by Crippen LogP contribution is -2.30. The van der Waals surface area contributed by atoms with E-state index < -0.39 is 0 Å². The maximum atomic E-state index is 12.4. The second-order valence-corrected chi connectivity index (χ2v) is 6.38. The number of aromatic nitrogens is 3. The van der Waals surface area contributed by atoms with Crippen molar-refractivity contribution in [3.05, 3.63) is 24.3 Å². The molecule has 1 fully saturated rings. The molecule has 0 bridgehead atoms. The molecule has 23 heavy (non-hydrogen) atoms. The fourth-order valence-electron chi connectivity index (χ4n) is 3.22. The number of nitrogens with two attached hydrogens (primary N) is 1. The van der Waals surface area contributed by atoms with Crippen LogP contribution in [0.15, 0.2) is 24.3 Å². The lowest BCUT2D eigenvalue weighted by Gasteiger charge is -2.27. The van der Waals surface area contributed by atoms with Gasteiger partial charge < -0.3 is 11.1 Å². The number of hydrogen-bond donors (Lipinski definition) is 2. The van der Waals surface area contributed by atoms with Crippen LogP contribution in [0.2, 0.25) is 0 Å². The summed E-state index contributed by atoms with van der Waals surface area (Å²) in [6.45, 7) is 2.17. The fourth-order valence-corrected chi connectivity index (χ4v) is 3.22. The van der Waals surface area contributed by atoms with Crippen LogP contribution in [-0.4, -0.2) is 20.9 Å². The average Bonchev–Trinajstić information content (AvgIpc) is 2.88. The van der Waals surface area contributed by atoms with E-state index in [9.17, 15) is 4.79 Å². The predicted molar refractivity (Wildman–Crippen MR) is 90.6 cm³/mol. The van der Waals surface area contributed by atoms with Crippen LogP contribution in [0.4, 0.5) is 11.5 Å². The van der Waals surface area contributed by atoms with Gasteiger partial charge in [-0.25, -0.2) is 4.68 Å². The van der Waals surface area contributed by atoms with Gasteiger partial charge in [-0.3, -0.25) is 4.79 Å². The minimum atomic E-state index is 0.124. The first-order valence-electron chi connectivity index (χ1n) is 8.12. The zero-order chi connectivity index (χ0) is 16.4. The highest BCUT2D eigenvalue weighted by molar-refractivity contribution is 5.93. The van der Waals surface area contributed by atoms with Gasteiger partial charge in [-0.1, -0.05) is 37.1 Å². The third-order valence-corrected chi connectivity index (χ3v) is 4.74. The highest BCUT2D eigenvalue weighted by atomic mass is 16.1. The molecule has 6 heteroatoms. The molecule has 3 rings (SSSR count). The molecule has 0 aliphatic heterocycles. The zero-order valence-corrected chi connectivity index (χ0v) is 13.6. The van der Waals surface area contributed by atoms with Gasteiger partial charge in [0.1, 0.15) is 11.5 Å². The van der Waals surface area contributed by atoms with Crippen LogP contribution in [0.25, 0.3) is 11.3 Å². The van der Waals surface area contributed by atoms with E-state index in [1.165, 1.54) is 11.1 Å². The number of nitrogens with zero attached hydrogens (tertiary/aromatic N) is 3. The number of anilines is 2. The molecular weight excluding hydrogens is 290 g/mol. The Morgan fingerprint density at radius 1 is 1.26 bits per heavy atom. The van der Waals surface area contributed by atoms with Crippen LogP contribution in [0, 0.1) is 11.8 Å². The van der Waals surface area contributed by atoms with Crippen LogP contribution in [0.1, 0.15) is 32.6 Å². The van der Waals surface area contributed by atoms with Crippen molar-refractivity contribution in [2.45, 2.75) is 32.6 Å². The van der Waals surface area contributed by atoms with Gasteiger partial charge >= 0.3 is 0 Å². The molecule has 1 saturated carbocycles. The minimum absolute atomic E-state index is 0.124. The van der Waals surface area contributed by atoms with Crippen molar-refractivity contribution in [3.63, 3.8) is 0 Å². The van der Waals surface area contributed by atoms with Crippen molar-refractivity contribution in [3.8, 4) is 11.3 Å². The lowest BCUT2D eigenvalue weighted by molar-refractivity contribution is -0.122. The largest absolute Gasteiger partial charge is 0.382 e. The third-order valence-electron chi connectivity index (χ3n) is 4.74. The van der Waals surface area contributed by atoms with Gasteiger partial charge in [0, 0.05) is 24.2 Å². The van der Waals surface area contributed by atoms with Crippen molar-refractivity contribution in [1.82, 2.24) is 15.0 Å². The Morgan fingerprint density at radius 3 is 2.57 bits per heavy atom. The van der Waals surface area contributed by atoms with E-state index >= 15 is 0 Å². The summed E-state index contributed by atoms with van der Waals surface area (Å²) in [6.07, 6.45) is 4.51. The van der Waals surface area contributed by atoms with Crippen molar-refractivity contribution in [2.24, 2.45) is 18.9 Å². The van der Waals surface area contributed by atoms with Crippen molar-refractivity contribution < 1.29 is 4.79 Å². The smallest absolute Gasteiger partial charge is 0.227 e. The molecule has 3 N–H and O–H groups in total. The van der Waals surface area contributed by atoms with Gasteiger partial charge in [0.05, 0.1) is 0 Å². The van der Waals surface area contributed by atoms with Crippen molar-refractivity contribution >= 4 is 17.4 Å². The third kappa shape index (κ3) is 3.21. The van der Waals surface area contributed by atoms with Crippen LogP contribution in [0.3, 0.4) is 0 Å². The van der Waals surface area contributed by atoms with E-state index in [0.717, 1.165) is 30.5 Å². The van der Waals surface area contributed by atoms with E-state index in [4.69, 9.17) is 5.73 Å². The molecule has 2 atom stereocenters. The molecule has 1 aromatic carbocycles. The standard InChI is InChI=1S/C17H23N5O/c1-11-5-3-4-6-14(11)17(23)19-13-9-7-12(8-10-13)15-16(18)22(2)21-20-15/h7-11,14H,3-6,18H2,1-2H3,(H,19,23)/t11-,14-/m0/s1. The number of nitrogen functional groups attached to an aromatic ring is 1. The Labute approximate surface area is 136 Å². The molecule has 2 aromatic rings. The number of rotatable bonds is 3. The van der Waals surface area contributed by atoms with Crippen LogP contribution in [0.5, 0.6) is 0 Å². The summed E-state index contributed by atoms with van der Waals surface area (Å²) in [4.78, 5) is 12.4. The van der Waals surface area contributed by atoms with Gasteiger partial charge in [-0.2, -0.15) is 0 Å². The van der Waals surface area contributed by atoms with Gasteiger partial charge in [0.2, 0.25) is 5.91 Å². The van der Waals surface area contributed by atoms with Crippen LogP contribution >= 0.6 is 0 Å². The van der Waals surface area contributed by atoms with Crippen LogP contribution in [-0.2, 0) is 11.8 Å². The molecule has 1 aliphatic carbocycles. The molecule has 1 aromatic heterocycles. The molecule has 0 unspecified atom stereocenters.